The average molecular weight is 354 g/mol. The van der Waals surface area contributed by atoms with E-state index >= 15 is 0 Å². The van der Waals surface area contributed by atoms with Crippen molar-refractivity contribution < 1.29 is 9.47 Å². The lowest BCUT2D eigenvalue weighted by molar-refractivity contribution is 0.148. The van der Waals surface area contributed by atoms with Crippen molar-refractivity contribution in [3.05, 3.63) is 58.6 Å². The van der Waals surface area contributed by atoms with Crippen LogP contribution in [0.2, 0.25) is 5.02 Å². The van der Waals surface area contributed by atoms with Crippen LogP contribution < -0.4 is 9.47 Å². The fraction of sp³-hybridized carbons (Fsp3) is 0.250. The zero-order valence-electron chi connectivity index (χ0n) is 10.8. The molecule has 0 N–H and O–H groups in total. The molecule has 1 aliphatic rings. The molecule has 2 aromatic rings. The summed E-state index contributed by atoms with van der Waals surface area (Å²) in [4.78, 5) is 0. The van der Waals surface area contributed by atoms with Crippen molar-refractivity contribution in [1.29, 1.82) is 0 Å². The lowest BCUT2D eigenvalue weighted by atomic mass is 10.1. The number of rotatable bonds is 4. The molecule has 1 aliphatic heterocycles. The van der Waals surface area contributed by atoms with Crippen molar-refractivity contribution in [2.24, 2.45) is 0 Å². The van der Waals surface area contributed by atoms with Gasteiger partial charge in [-0.25, -0.2) is 0 Å². The van der Waals surface area contributed by atoms with Gasteiger partial charge in [-0.15, -0.1) is 0 Å². The molecule has 1 atom stereocenters. The molecule has 3 rings (SSSR count). The summed E-state index contributed by atoms with van der Waals surface area (Å²) in [5, 5.41) is 1.35. The van der Waals surface area contributed by atoms with Gasteiger partial charge in [0.05, 0.1) is 5.02 Å². The third kappa shape index (κ3) is 2.79. The van der Waals surface area contributed by atoms with Gasteiger partial charge >= 0.3 is 0 Å². The number of fused-ring (bicyclic) bond motifs is 1. The Balaban J connectivity index is 1.67. The van der Waals surface area contributed by atoms with Crippen LogP contribution >= 0.6 is 27.5 Å². The Morgan fingerprint density at radius 2 is 2.05 bits per heavy atom. The van der Waals surface area contributed by atoms with Crippen LogP contribution in [0.3, 0.4) is 0 Å². The second kappa shape index (κ2) is 6.06. The molecule has 0 aliphatic carbocycles. The highest BCUT2D eigenvalue weighted by atomic mass is 79.9. The summed E-state index contributed by atoms with van der Waals surface area (Å²) < 4.78 is 11.7. The first-order chi connectivity index (χ1) is 9.78. The zero-order chi connectivity index (χ0) is 13.9. The number of benzene rings is 2. The summed E-state index contributed by atoms with van der Waals surface area (Å²) in [5.41, 5.74) is 2.29. The number of hydrogen-bond acceptors (Lipinski definition) is 2. The molecule has 0 saturated heterocycles. The van der Waals surface area contributed by atoms with Crippen molar-refractivity contribution in [3.63, 3.8) is 0 Å². The molecule has 0 aromatic heterocycles. The van der Waals surface area contributed by atoms with E-state index in [1.807, 2.05) is 36.4 Å². The minimum Gasteiger partial charge on any atom is -0.488 e. The lowest BCUT2D eigenvalue weighted by Crippen LogP contribution is -2.22. The minimum atomic E-state index is 0.0480. The predicted octanol–water partition coefficient (Wildman–Crippen LogP) is 4.62. The molecule has 0 saturated carbocycles. The Labute approximate surface area is 131 Å². The highest BCUT2D eigenvalue weighted by Gasteiger charge is 2.23. The van der Waals surface area contributed by atoms with Crippen LogP contribution in [0, 0.1) is 0 Å². The molecular formula is C16H14BrClO2. The average Bonchev–Trinajstić information content (AvgIpc) is 2.88. The Kier molecular flexibility index (Phi) is 4.18. The van der Waals surface area contributed by atoms with Crippen LogP contribution in [0.5, 0.6) is 11.5 Å². The summed E-state index contributed by atoms with van der Waals surface area (Å²) >= 11 is 9.65. The van der Waals surface area contributed by atoms with E-state index in [4.69, 9.17) is 21.1 Å². The second-order valence-corrected chi connectivity index (χ2v) is 5.69. The number of hydrogen-bond donors (Lipinski definition) is 0. The van der Waals surface area contributed by atoms with Crippen LogP contribution in [-0.4, -0.2) is 12.7 Å². The molecule has 2 aromatic carbocycles. The fourth-order valence-corrected chi connectivity index (χ4v) is 3.03. The summed E-state index contributed by atoms with van der Waals surface area (Å²) in [6.07, 6.45) is 0.927. The van der Waals surface area contributed by atoms with Gasteiger partial charge in [0.2, 0.25) is 0 Å². The van der Waals surface area contributed by atoms with Crippen molar-refractivity contribution in [2.45, 2.75) is 17.9 Å². The van der Waals surface area contributed by atoms with E-state index in [0.717, 1.165) is 23.5 Å². The van der Waals surface area contributed by atoms with Gasteiger partial charge in [0.15, 0.2) is 0 Å². The maximum absolute atomic E-state index is 6.20. The van der Waals surface area contributed by atoms with Crippen LogP contribution in [-0.2, 0) is 11.8 Å². The summed E-state index contributed by atoms with van der Waals surface area (Å²) in [6.45, 7) is 0.498. The van der Waals surface area contributed by atoms with Crippen molar-refractivity contribution in [2.75, 3.05) is 6.61 Å². The van der Waals surface area contributed by atoms with E-state index in [-0.39, 0.29) is 6.10 Å². The molecule has 1 heterocycles. The Morgan fingerprint density at radius 3 is 2.85 bits per heavy atom. The first-order valence-corrected chi connectivity index (χ1v) is 7.98. The quantitative estimate of drug-likeness (QED) is 0.747. The summed E-state index contributed by atoms with van der Waals surface area (Å²) in [5.74, 6) is 1.70. The maximum atomic E-state index is 6.20. The molecule has 1 unspecified atom stereocenters. The van der Waals surface area contributed by atoms with E-state index in [1.54, 1.807) is 0 Å². The van der Waals surface area contributed by atoms with Gasteiger partial charge in [0, 0.05) is 17.3 Å². The number of para-hydroxylation sites is 2. The molecule has 4 heteroatoms. The maximum Gasteiger partial charge on any atom is 0.142 e. The number of halogens is 2. The van der Waals surface area contributed by atoms with Crippen LogP contribution in [0.15, 0.2) is 42.5 Å². The molecule has 0 spiro atoms. The molecule has 0 bridgehead atoms. The van der Waals surface area contributed by atoms with Crippen LogP contribution in [0.1, 0.15) is 11.1 Å². The third-order valence-corrected chi connectivity index (χ3v) is 4.22. The van der Waals surface area contributed by atoms with Gasteiger partial charge in [-0.3, -0.25) is 0 Å². The van der Waals surface area contributed by atoms with Crippen molar-refractivity contribution in [1.82, 2.24) is 0 Å². The predicted molar refractivity (Wildman–Crippen MR) is 84.1 cm³/mol. The van der Waals surface area contributed by atoms with Crippen molar-refractivity contribution >= 4 is 27.5 Å². The molecule has 0 amide bonds. The van der Waals surface area contributed by atoms with Gasteiger partial charge in [-0.05, 0) is 17.7 Å². The monoisotopic (exact) mass is 352 g/mol. The largest absolute Gasteiger partial charge is 0.488 e. The van der Waals surface area contributed by atoms with Gasteiger partial charge in [-0.2, -0.15) is 0 Å². The normalized spacial score (nSPS) is 16.6. The van der Waals surface area contributed by atoms with E-state index in [9.17, 15) is 0 Å². The summed E-state index contributed by atoms with van der Waals surface area (Å²) in [7, 11) is 0. The fourth-order valence-electron chi connectivity index (χ4n) is 2.34. The Bertz CT molecular complexity index is 590. The van der Waals surface area contributed by atoms with E-state index in [2.05, 4.69) is 22.0 Å². The van der Waals surface area contributed by atoms with Crippen LogP contribution in [0.25, 0.3) is 0 Å². The van der Waals surface area contributed by atoms with Gasteiger partial charge in [-0.1, -0.05) is 57.9 Å². The molecule has 20 heavy (non-hydrogen) atoms. The molecular weight excluding hydrogens is 340 g/mol. The lowest BCUT2D eigenvalue weighted by Gasteiger charge is -2.15. The highest BCUT2D eigenvalue weighted by molar-refractivity contribution is 9.08. The number of alkyl halides is 1. The molecule has 0 radical (unpaired) electrons. The van der Waals surface area contributed by atoms with Gasteiger partial charge < -0.3 is 9.47 Å². The topological polar surface area (TPSA) is 18.5 Å². The van der Waals surface area contributed by atoms with E-state index < -0.39 is 0 Å². The first-order valence-electron chi connectivity index (χ1n) is 6.48. The zero-order valence-corrected chi connectivity index (χ0v) is 13.2. The Hall–Kier alpha value is -1.19. The minimum absolute atomic E-state index is 0.0480. The van der Waals surface area contributed by atoms with Crippen LogP contribution in [0.4, 0.5) is 0 Å². The van der Waals surface area contributed by atoms with Gasteiger partial charge in [0.1, 0.15) is 24.2 Å². The Morgan fingerprint density at radius 1 is 1.20 bits per heavy atom. The standard InChI is InChI=1S/C16H14BrClO2/c17-9-12-5-3-6-14(18)16(12)19-10-13-8-11-4-1-2-7-15(11)20-13/h1-7,13H,8-10H2. The van der Waals surface area contributed by atoms with Gasteiger partial charge in [0.25, 0.3) is 0 Å². The SMILES string of the molecule is Clc1cccc(CBr)c1OCC1Cc2ccccc2O1. The molecule has 2 nitrogen and oxygen atoms in total. The molecule has 0 fully saturated rings. The number of ether oxygens (including phenoxy) is 2. The highest BCUT2D eigenvalue weighted by Crippen LogP contribution is 2.32. The van der Waals surface area contributed by atoms with E-state index in [1.165, 1.54) is 5.56 Å². The third-order valence-electron chi connectivity index (χ3n) is 3.32. The molecule has 104 valence electrons. The van der Waals surface area contributed by atoms with E-state index in [0.29, 0.717) is 17.0 Å². The summed E-state index contributed by atoms with van der Waals surface area (Å²) in [6, 6.07) is 13.9. The first kappa shape index (κ1) is 13.8. The second-order valence-electron chi connectivity index (χ2n) is 4.72. The smallest absolute Gasteiger partial charge is 0.142 e. The van der Waals surface area contributed by atoms with Crippen molar-refractivity contribution in [3.8, 4) is 11.5 Å².